The molecule has 22 heavy (non-hydrogen) atoms. The number of hydrogen-bond donors (Lipinski definition) is 1. The summed E-state index contributed by atoms with van der Waals surface area (Å²) in [5.74, 6) is -1.05. The van der Waals surface area contributed by atoms with Crippen LogP contribution in [0.4, 0.5) is 0 Å². The summed E-state index contributed by atoms with van der Waals surface area (Å²) in [6.07, 6.45) is 1.90. The molecular weight excluding hydrogens is 286 g/mol. The van der Waals surface area contributed by atoms with Gasteiger partial charge < -0.3 is 10.0 Å². The minimum absolute atomic E-state index is 0.181. The Morgan fingerprint density at radius 2 is 2.18 bits per heavy atom. The number of nitrogens with zero attached hydrogens (tertiary/aromatic N) is 5. The molecule has 1 aromatic heterocycles. The van der Waals surface area contributed by atoms with E-state index in [9.17, 15) is 14.7 Å². The lowest BCUT2D eigenvalue weighted by atomic mass is 9.90. The third-order valence-corrected chi connectivity index (χ3v) is 3.98. The summed E-state index contributed by atoms with van der Waals surface area (Å²) in [4.78, 5) is 25.4. The van der Waals surface area contributed by atoms with Crippen LogP contribution in [-0.2, 0) is 4.79 Å². The molecule has 1 aliphatic heterocycles. The molecule has 8 heteroatoms. The zero-order valence-electron chi connectivity index (χ0n) is 12.0. The van der Waals surface area contributed by atoms with E-state index in [1.54, 1.807) is 36.1 Å². The molecule has 3 rings (SSSR count). The maximum Gasteiger partial charge on any atom is 0.311 e. The van der Waals surface area contributed by atoms with Gasteiger partial charge in [-0.25, -0.2) is 4.68 Å². The number of benzene rings is 1. The van der Waals surface area contributed by atoms with Gasteiger partial charge in [-0.2, -0.15) is 0 Å². The molecule has 2 aromatic rings. The lowest BCUT2D eigenvalue weighted by Crippen LogP contribution is -2.34. The summed E-state index contributed by atoms with van der Waals surface area (Å²) >= 11 is 0. The molecule has 0 unspecified atom stereocenters. The summed E-state index contributed by atoms with van der Waals surface area (Å²) in [6, 6.07) is 6.93. The highest BCUT2D eigenvalue weighted by Crippen LogP contribution is 2.31. The molecule has 1 aliphatic rings. The van der Waals surface area contributed by atoms with Crippen LogP contribution in [0.25, 0.3) is 5.69 Å². The number of tetrazole rings is 1. The van der Waals surface area contributed by atoms with Crippen molar-refractivity contribution in [3.8, 4) is 5.69 Å². The summed E-state index contributed by atoms with van der Waals surface area (Å²) < 4.78 is 1.46. The van der Waals surface area contributed by atoms with Crippen LogP contribution in [0.3, 0.4) is 0 Å². The smallest absolute Gasteiger partial charge is 0.311 e. The van der Waals surface area contributed by atoms with Crippen LogP contribution in [0.2, 0.25) is 0 Å². The van der Waals surface area contributed by atoms with Crippen molar-refractivity contribution in [2.75, 3.05) is 13.1 Å². The Kier molecular flexibility index (Phi) is 3.36. The molecule has 2 heterocycles. The van der Waals surface area contributed by atoms with Gasteiger partial charge in [0.2, 0.25) is 0 Å². The Labute approximate surface area is 126 Å². The maximum absolute atomic E-state index is 12.6. The van der Waals surface area contributed by atoms with E-state index < -0.39 is 11.4 Å². The monoisotopic (exact) mass is 301 g/mol. The minimum atomic E-state index is -0.872. The minimum Gasteiger partial charge on any atom is -0.481 e. The van der Waals surface area contributed by atoms with Crippen LogP contribution >= 0.6 is 0 Å². The average molecular weight is 301 g/mol. The Balaban J connectivity index is 1.82. The van der Waals surface area contributed by atoms with Gasteiger partial charge >= 0.3 is 5.97 Å². The van der Waals surface area contributed by atoms with Crippen LogP contribution in [-0.4, -0.2) is 55.2 Å². The maximum atomic E-state index is 12.6. The molecule has 1 amide bonds. The van der Waals surface area contributed by atoms with E-state index in [0.29, 0.717) is 24.2 Å². The standard InChI is InChI=1S/C14H15N5O3/c1-14(13(21)22)5-6-18(8-14)12(20)10-3-2-4-11(7-10)19-9-15-16-17-19/h2-4,7,9H,5-6,8H2,1H3,(H,21,22)/t14-/m0/s1. The number of carbonyl (C=O) groups is 2. The molecule has 8 nitrogen and oxygen atoms in total. The largest absolute Gasteiger partial charge is 0.481 e. The van der Waals surface area contributed by atoms with Crippen molar-refractivity contribution < 1.29 is 14.7 Å². The number of aromatic nitrogens is 4. The van der Waals surface area contributed by atoms with E-state index in [4.69, 9.17) is 0 Å². The summed E-state index contributed by atoms with van der Waals surface area (Å²) in [6.45, 7) is 2.33. The van der Waals surface area contributed by atoms with Crippen molar-refractivity contribution in [2.45, 2.75) is 13.3 Å². The molecule has 0 aliphatic carbocycles. The second kappa shape index (κ2) is 5.21. The number of carboxylic acid groups (broad SMARTS) is 1. The fraction of sp³-hybridized carbons (Fsp3) is 0.357. The number of likely N-dealkylation sites (tertiary alicyclic amines) is 1. The molecule has 1 fully saturated rings. The third kappa shape index (κ3) is 2.43. The number of carboxylic acids is 1. The highest BCUT2D eigenvalue weighted by molar-refractivity contribution is 5.95. The van der Waals surface area contributed by atoms with Gasteiger partial charge in [-0.05, 0) is 42.0 Å². The number of amides is 1. The lowest BCUT2D eigenvalue weighted by molar-refractivity contribution is -0.147. The van der Waals surface area contributed by atoms with Crippen LogP contribution in [0.5, 0.6) is 0 Å². The number of hydrogen-bond acceptors (Lipinski definition) is 5. The third-order valence-electron chi connectivity index (χ3n) is 3.98. The van der Waals surface area contributed by atoms with E-state index in [1.165, 1.54) is 11.0 Å². The van der Waals surface area contributed by atoms with Crippen molar-refractivity contribution in [3.05, 3.63) is 36.2 Å². The zero-order valence-corrected chi connectivity index (χ0v) is 12.0. The molecular formula is C14H15N5O3. The molecule has 114 valence electrons. The van der Waals surface area contributed by atoms with Gasteiger partial charge in [-0.15, -0.1) is 5.10 Å². The van der Waals surface area contributed by atoms with E-state index in [-0.39, 0.29) is 12.5 Å². The second-order valence-corrected chi connectivity index (χ2v) is 5.65. The number of rotatable bonds is 3. The lowest BCUT2D eigenvalue weighted by Gasteiger charge is -2.20. The molecule has 0 bridgehead atoms. The first-order valence-corrected chi connectivity index (χ1v) is 6.86. The highest BCUT2D eigenvalue weighted by Gasteiger charge is 2.42. The number of aliphatic carboxylic acids is 1. The van der Waals surface area contributed by atoms with Crippen molar-refractivity contribution in [2.24, 2.45) is 5.41 Å². The normalized spacial score (nSPS) is 21.0. The van der Waals surface area contributed by atoms with Gasteiger partial charge in [0.05, 0.1) is 11.1 Å². The zero-order chi connectivity index (χ0) is 15.7. The number of carbonyl (C=O) groups excluding carboxylic acids is 1. The molecule has 0 radical (unpaired) electrons. The van der Waals surface area contributed by atoms with Gasteiger partial charge in [0.25, 0.3) is 5.91 Å². The molecule has 0 spiro atoms. The Morgan fingerprint density at radius 1 is 1.36 bits per heavy atom. The van der Waals surface area contributed by atoms with E-state index in [0.717, 1.165) is 0 Å². The Hall–Kier alpha value is -2.77. The van der Waals surface area contributed by atoms with Crippen molar-refractivity contribution in [3.63, 3.8) is 0 Å². The van der Waals surface area contributed by atoms with Gasteiger partial charge in [0.1, 0.15) is 6.33 Å². The van der Waals surface area contributed by atoms with Crippen LogP contribution in [0.1, 0.15) is 23.7 Å². The fourth-order valence-electron chi connectivity index (χ4n) is 2.55. The fourth-order valence-corrected chi connectivity index (χ4v) is 2.55. The molecule has 1 N–H and O–H groups in total. The van der Waals surface area contributed by atoms with E-state index in [2.05, 4.69) is 15.5 Å². The van der Waals surface area contributed by atoms with E-state index in [1.807, 2.05) is 0 Å². The SMILES string of the molecule is C[C@]1(C(=O)O)CCN(C(=O)c2cccc(-n3cnnn3)c2)C1. The summed E-state index contributed by atoms with van der Waals surface area (Å²) in [5.41, 5.74) is 0.294. The van der Waals surface area contributed by atoms with Crippen molar-refractivity contribution in [1.29, 1.82) is 0 Å². The first-order valence-electron chi connectivity index (χ1n) is 6.86. The highest BCUT2D eigenvalue weighted by atomic mass is 16.4. The quantitative estimate of drug-likeness (QED) is 0.890. The van der Waals surface area contributed by atoms with Crippen molar-refractivity contribution in [1.82, 2.24) is 25.1 Å². The van der Waals surface area contributed by atoms with Gasteiger partial charge in [0, 0.05) is 18.7 Å². The van der Waals surface area contributed by atoms with Crippen LogP contribution in [0, 0.1) is 5.41 Å². The molecule has 1 atom stereocenters. The van der Waals surface area contributed by atoms with Gasteiger partial charge in [-0.1, -0.05) is 6.07 Å². The summed E-state index contributed by atoms with van der Waals surface area (Å²) in [7, 11) is 0. The first kappa shape index (κ1) is 14.2. The first-order chi connectivity index (χ1) is 10.5. The average Bonchev–Trinajstić information content (AvgIpc) is 3.17. The topological polar surface area (TPSA) is 101 Å². The predicted molar refractivity (Wildman–Crippen MR) is 75.4 cm³/mol. The molecule has 1 saturated heterocycles. The second-order valence-electron chi connectivity index (χ2n) is 5.65. The predicted octanol–water partition coefficient (Wildman–Crippen LogP) is 0.599. The summed E-state index contributed by atoms with van der Waals surface area (Å²) in [5, 5.41) is 20.2. The molecule has 1 aromatic carbocycles. The Bertz CT molecular complexity index is 715. The van der Waals surface area contributed by atoms with Crippen LogP contribution < -0.4 is 0 Å². The van der Waals surface area contributed by atoms with Gasteiger partial charge in [0.15, 0.2) is 0 Å². The van der Waals surface area contributed by atoms with Crippen molar-refractivity contribution >= 4 is 11.9 Å². The Morgan fingerprint density at radius 3 is 2.82 bits per heavy atom. The molecule has 0 saturated carbocycles. The van der Waals surface area contributed by atoms with E-state index >= 15 is 0 Å². The van der Waals surface area contributed by atoms with Crippen LogP contribution in [0.15, 0.2) is 30.6 Å². The van der Waals surface area contributed by atoms with Gasteiger partial charge in [-0.3, -0.25) is 9.59 Å².